The predicted octanol–water partition coefficient (Wildman–Crippen LogP) is 1.88. The third-order valence-electron chi connectivity index (χ3n) is 4.25. The van der Waals surface area contributed by atoms with Crippen LogP contribution in [0.15, 0.2) is 29.2 Å². The van der Waals surface area contributed by atoms with Gasteiger partial charge in [-0.15, -0.1) is 11.8 Å². The Labute approximate surface area is 160 Å². The van der Waals surface area contributed by atoms with E-state index in [-0.39, 0.29) is 17.9 Å². The van der Waals surface area contributed by atoms with Gasteiger partial charge in [0, 0.05) is 24.0 Å². The van der Waals surface area contributed by atoms with Crippen LogP contribution < -0.4 is 10.6 Å². The standard InChI is InChI=1S/C19H30N4O2S/c1-15(2)20-18(24)13-22-9-6-10-23(12-11-22)14-19(25)21-16-7-4-5-8-17(16)26-3/h4-5,7-8,15H,6,9-14H2,1-3H3,(H,20,24)(H,21,25). The minimum absolute atomic E-state index is 0.0116. The molecule has 1 aromatic rings. The van der Waals surface area contributed by atoms with Crippen molar-refractivity contribution in [2.45, 2.75) is 31.2 Å². The molecule has 1 aromatic carbocycles. The molecule has 7 heteroatoms. The Balaban J connectivity index is 1.80. The predicted molar refractivity (Wildman–Crippen MR) is 108 cm³/mol. The summed E-state index contributed by atoms with van der Waals surface area (Å²) >= 11 is 1.62. The second-order valence-electron chi connectivity index (χ2n) is 6.88. The summed E-state index contributed by atoms with van der Waals surface area (Å²) in [6.07, 6.45) is 2.97. The number of nitrogens with one attached hydrogen (secondary N) is 2. The molecule has 2 rings (SSSR count). The van der Waals surface area contributed by atoms with E-state index in [0.717, 1.165) is 43.2 Å². The fourth-order valence-electron chi connectivity index (χ4n) is 3.05. The van der Waals surface area contributed by atoms with Crippen molar-refractivity contribution in [2.75, 3.05) is 50.8 Å². The lowest BCUT2D eigenvalue weighted by atomic mass is 10.3. The van der Waals surface area contributed by atoms with Gasteiger partial charge in [-0.2, -0.15) is 0 Å². The highest BCUT2D eigenvalue weighted by molar-refractivity contribution is 7.98. The molecule has 0 bridgehead atoms. The van der Waals surface area contributed by atoms with Crippen molar-refractivity contribution in [1.82, 2.24) is 15.1 Å². The molecule has 144 valence electrons. The van der Waals surface area contributed by atoms with Crippen molar-refractivity contribution in [1.29, 1.82) is 0 Å². The van der Waals surface area contributed by atoms with E-state index >= 15 is 0 Å². The number of hydrogen-bond acceptors (Lipinski definition) is 5. The largest absolute Gasteiger partial charge is 0.353 e. The van der Waals surface area contributed by atoms with E-state index in [0.29, 0.717) is 13.1 Å². The van der Waals surface area contributed by atoms with Crippen molar-refractivity contribution >= 4 is 29.3 Å². The number of anilines is 1. The van der Waals surface area contributed by atoms with Gasteiger partial charge in [-0.05, 0) is 51.7 Å². The van der Waals surface area contributed by atoms with Crippen LogP contribution in [0.4, 0.5) is 5.69 Å². The molecule has 0 aliphatic carbocycles. The lowest BCUT2D eigenvalue weighted by molar-refractivity contribution is -0.123. The molecule has 1 aliphatic rings. The number of hydrogen-bond donors (Lipinski definition) is 2. The zero-order valence-corrected chi connectivity index (χ0v) is 16.8. The normalized spacial score (nSPS) is 16.3. The molecule has 0 unspecified atom stereocenters. The lowest BCUT2D eigenvalue weighted by Gasteiger charge is -2.21. The van der Waals surface area contributed by atoms with Gasteiger partial charge in [-0.25, -0.2) is 0 Å². The van der Waals surface area contributed by atoms with Gasteiger partial charge in [0.05, 0.1) is 18.8 Å². The molecule has 6 nitrogen and oxygen atoms in total. The van der Waals surface area contributed by atoms with Gasteiger partial charge in [-0.1, -0.05) is 12.1 Å². The fourth-order valence-corrected chi connectivity index (χ4v) is 3.61. The number of benzene rings is 1. The molecule has 1 heterocycles. The number of rotatable bonds is 7. The average molecular weight is 379 g/mol. The van der Waals surface area contributed by atoms with E-state index in [1.165, 1.54) is 0 Å². The summed E-state index contributed by atoms with van der Waals surface area (Å²) in [5.74, 6) is 0.0809. The SMILES string of the molecule is CSc1ccccc1NC(=O)CN1CCCN(CC(=O)NC(C)C)CC1. The van der Waals surface area contributed by atoms with Gasteiger partial charge in [0.1, 0.15) is 0 Å². The number of para-hydroxylation sites is 1. The molecule has 0 spiro atoms. The third kappa shape index (κ3) is 6.97. The molecule has 1 aliphatic heterocycles. The Kier molecular flexibility index (Phi) is 8.41. The molecule has 0 radical (unpaired) electrons. The molecule has 0 aromatic heterocycles. The van der Waals surface area contributed by atoms with E-state index in [9.17, 15) is 9.59 Å². The number of carbonyl (C=O) groups excluding carboxylic acids is 2. The summed E-state index contributed by atoms with van der Waals surface area (Å²) in [7, 11) is 0. The van der Waals surface area contributed by atoms with Crippen LogP contribution in [-0.2, 0) is 9.59 Å². The summed E-state index contributed by atoms with van der Waals surface area (Å²) in [6, 6.07) is 8.01. The molecular weight excluding hydrogens is 348 g/mol. The van der Waals surface area contributed by atoms with Gasteiger partial charge < -0.3 is 10.6 Å². The van der Waals surface area contributed by atoms with E-state index in [4.69, 9.17) is 0 Å². The topological polar surface area (TPSA) is 64.7 Å². The zero-order chi connectivity index (χ0) is 18.9. The Hall–Kier alpha value is -1.57. The highest BCUT2D eigenvalue weighted by Gasteiger charge is 2.19. The average Bonchev–Trinajstić information content (AvgIpc) is 2.79. The second-order valence-corrected chi connectivity index (χ2v) is 7.72. The molecule has 2 amide bonds. The number of amides is 2. The van der Waals surface area contributed by atoms with Crippen LogP contribution in [0.5, 0.6) is 0 Å². The van der Waals surface area contributed by atoms with E-state index in [1.807, 2.05) is 44.4 Å². The first-order valence-electron chi connectivity index (χ1n) is 9.15. The van der Waals surface area contributed by atoms with Crippen molar-refractivity contribution in [2.24, 2.45) is 0 Å². The summed E-state index contributed by atoms with van der Waals surface area (Å²) in [5.41, 5.74) is 0.867. The molecule has 1 saturated heterocycles. The molecule has 0 atom stereocenters. The highest BCUT2D eigenvalue weighted by Crippen LogP contribution is 2.24. The fraction of sp³-hybridized carbons (Fsp3) is 0.579. The van der Waals surface area contributed by atoms with E-state index in [1.54, 1.807) is 11.8 Å². The van der Waals surface area contributed by atoms with E-state index in [2.05, 4.69) is 20.4 Å². The molecular formula is C19H30N4O2S. The highest BCUT2D eigenvalue weighted by atomic mass is 32.2. The maximum atomic E-state index is 12.4. The van der Waals surface area contributed by atoms with Crippen LogP contribution in [0, 0.1) is 0 Å². The number of nitrogens with zero attached hydrogens (tertiary/aromatic N) is 2. The van der Waals surface area contributed by atoms with Crippen LogP contribution in [0.25, 0.3) is 0 Å². The Morgan fingerprint density at radius 1 is 1.04 bits per heavy atom. The summed E-state index contributed by atoms with van der Waals surface area (Å²) in [4.78, 5) is 29.7. The van der Waals surface area contributed by atoms with Crippen LogP contribution in [0.1, 0.15) is 20.3 Å². The summed E-state index contributed by atoms with van der Waals surface area (Å²) < 4.78 is 0. The Bertz CT molecular complexity index is 609. The Morgan fingerprint density at radius 3 is 2.27 bits per heavy atom. The van der Waals surface area contributed by atoms with Gasteiger partial charge in [0.25, 0.3) is 0 Å². The molecule has 1 fully saturated rings. The maximum Gasteiger partial charge on any atom is 0.238 e. The van der Waals surface area contributed by atoms with Crippen LogP contribution in [0.2, 0.25) is 0 Å². The van der Waals surface area contributed by atoms with Gasteiger partial charge in [-0.3, -0.25) is 19.4 Å². The number of thioether (sulfide) groups is 1. The first-order chi connectivity index (χ1) is 12.5. The van der Waals surface area contributed by atoms with Crippen LogP contribution >= 0.6 is 11.8 Å². The summed E-state index contributed by atoms with van der Waals surface area (Å²) in [5, 5.41) is 5.95. The van der Waals surface area contributed by atoms with Crippen molar-refractivity contribution in [3.8, 4) is 0 Å². The zero-order valence-electron chi connectivity index (χ0n) is 16.0. The lowest BCUT2D eigenvalue weighted by Crippen LogP contribution is -2.42. The van der Waals surface area contributed by atoms with Crippen LogP contribution in [0.3, 0.4) is 0 Å². The van der Waals surface area contributed by atoms with Gasteiger partial charge in [0.2, 0.25) is 11.8 Å². The van der Waals surface area contributed by atoms with Gasteiger partial charge >= 0.3 is 0 Å². The Morgan fingerprint density at radius 2 is 1.65 bits per heavy atom. The van der Waals surface area contributed by atoms with E-state index < -0.39 is 0 Å². The third-order valence-corrected chi connectivity index (χ3v) is 5.04. The monoisotopic (exact) mass is 378 g/mol. The first kappa shape index (κ1) is 20.7. The van der Waals surface area contributed by atoms with Gasteiger partial charge in [0.15, 0.2) is 0 Å². The maximum absolute atomic E-state index is 12.4. The molecule has 0 saturated carbocycles. The summed E-state index contributed by atoms with van der Waals surface area (Å²) in [6.45, 7) is 8.12. The van der Waals surface area contributed by atoms with Crippen LogP contribution in [-0.4, -0.2) is 73.2 Å². The van der Waals surface area contributed by atoms with Crippen molar-refractivity contribution < 1.29 is 9.59 Å². The smallest absolute Gasteiger partial charge is 0.238 e. The molecule has 2 N–H and O–H groups in total. The minimum Gasteiger partial charge on any atom is -0.353 e. The second kappa shape index (κ2) is 10.5. The first-order valence-corrected chi connectivity index (χ1v) is 10.4. The quantitative estimate of drug-likeness (QED) is 0.710. The number of carbonyl (C=O) groups is 2. The van der Waals surface area contributed by atoms with Crippen molar-refractivity contribution in [3.63, 3.8) is 0 Å². The van der Waals surface area contributed by atoms with Crippen molar-refractivity contribution in [3.05, 3.63) is 24.3 Å². The minimum atomic E-state index is 0.0116. The molecule has 26 heavy (non-hydrogen) atoms.